The smallest absolute Gasteiger partial charge is 0.279 e. The Morgan fingerprint density at radius 3 is 2.68 bits per heavy atom. The summed E-state index contributed by atoms with van der Waals surface area (Å²) in [6, 6.07) is 6.98. The predicted molar refractivity (Wildman–Crippen MR) is 73.3 cm³/mol. The lowest BCUT2D eigenvalue weighted by Crippen LogP contribution is -3.11. The van der Waals surface area contributed by atoms with E-state index in [0.29, 0.717) is 17.8 Å². The molecule has 0 atom stereocenters. The minimum absolute atomic E-state index is 0.00552. The summed E-state index contributed by atoms with van der Waals surface area (Å²) in [5, 5.41) is 5.41. The Balaban J connectivity index is 1.94. The molecule has 0 aliphatic carbocycles. The van der Waals surface area contributed by atoms with Crippen molar-refractivity contribution in [3.05, 3.63) is 29.8 Å². The minimum Gasteiger partial charge on any atom is -0.355 e. The van der Waals surface area contributed by atoms with E-state index in [1.54, 1.807) is 31.3 Å². The van der Waals surface area contributed by atoms with Crippen LogP contribution in [0.15, 0.2) is 24.3 Å². The van der Waals surface area contributed by atoms with Crippen LogP contribution in [0.5, 0.6) is 0 Å². The molecule has 0 bridgehead atoms. The highest BCUT2D eigenvalue weighted by Crippen LogP contribution is 2.10. The summed E-state index contributed by atoms with van der Waals surface area (Å²) in [4.78, 5) is 24.7. The lowest BCUT2D eigenvalue weighted by atomic mass is 10.2. The normalized spacial score (nSPS) is 15.2. The summed E-state index contributed by atoms with van der Waals surface area (Å²) in [7, 11) is 1.59. The molecule has 0 radical (unpaired) electrons. The number of hydrogen-bond acceptors (Lipinski definition) is 2. The van der Waals surface area contributed by atoms with Crippen LogP contribution in [0.1, 0.15) is 23.2 Å². The van der Waals surface area contributed by atoms with Gasteiger partial charge in [-0.1, -0.05) is 6.07 Å². The van der Waals surface area contributed by atoms with Gasteiger partial charge in [-0.05, 0) is 18.2 Å². The molecule has 1 fully saturated rings. The largest absolute Gasteiger partial charge is 0.355 e. The molecule has 1 aromatic carbocycles. The molecule has 1 heterocycles. The third-order valence-corrected chi connectivity index (χ3v) is 3.36. The van der Waals surface area contributed by atoms with E-state index in [0.717, 1.165) is 13.1 Å². The minimum atomic E-state index is -0.152. The molecule has 0 aromatic heterocycles. The fraction of sp³-hybridized carbons (Fsp3) is 0.429. The molecule has 3 N–H and O–H groups in total. The second-order valence-electron chi connectivity index (χ2n) is 4.84. The van der Waals surface area contributed by atoms with E-state index in [9.17, 15) is 9.59 Å². The number of carbonyl (C=O) groups excluding carboxylic acids is 2. The Labute approximate surface area is 113 Å². The van der Waals surface area contributed by atoms with Gasteiger partial charge in [0.25, 0.3) is 11.8 Å². The maximum absolute atomic E-state index is 11.9. The highest BCUT2D eigenvalue weighted by molar-refractivity contribution is 5.97. The summed E-state index contributed by atoms with van der Waals surface area (Å²) in [5.41, 5.74) is 1.22. The molecule has 0 saturated carbocycles. The van der Waals surface area contributed by atoms with Crippen LogP contribution in [0, 0.1) is 0 Å². The summed E-state index contributed by atoms with van der Waals surface area (Å²) >= 11 is 0. The molecule has 1 aliphatic rings. The van der Waals surface area contributed by atoms with Gasteiger partial charge >= 0.3 is 0 Å². The molecule has 5 nitrogen and oxygen atoms in total. The molecule has 0 unspecified atom stereocenters. The van der Waals surface area contributed by atoms with Crippen LogP contribution in [0.2, 0.25) is 0 Å². The molecule has 1 aromatic rings. The zero-order valence-corrected chi connectivity index (χ0v) is 11.2. The van der Waals surface area contributed by atoms with Crippen molar-refractivity contribution in [2.45, 2.75) is 12.8 Å². The molecule has 19 heavy (non-hydrogen) atoms. The van der Waals surface area contributed by atoms with Crippen LogP contribution in [0.25, 0.3) is 0 Å². The second-order valence-corrected chi connectivity index (χ2v) is 4.84. The van der Waals surface area contributed by atoms with Gasteiger partial charge in [-0.25, -0.2) is 0 Å². The monoisotopic (exact) mass is 262 g/mol. The average Bonchev–Trinajstić information content (AvgIpc) is 2.90. The average molecular weight is 262 g/mol. The van der Waals surface area contributed by atoms with E-state index < -0.39 is 0 Å². The van der Waals surface area contributed by atoms with Gasteiger partial charge in [0.2, 0.25) is 0 Å². The zero-order chi connectivity index (χ0) is 13.7. The molecule has 2 amide bonds. The number of hydrogen-bond donors (Lipinski definition) is 3. The van der Waals surface area contributed by atoms with E-state index in [4.69, 9.17) is 0 Å². The SMILES string of the molecule is CNC(=O)c1cccc(NC(=O)C[NH+]2CCCC2)c1. The van der Waals surface area contributed by atoms with E-state index in [1.165, 1.54) is 17.7 Å². The quantitative estimate of drug-likeness (QED) is 0.695. The Morgan fingerprint density at radius 1 is 1.26 bits per heavy atom. The maximum Gasteiger partial charge on any atom is 0.279 e. The van der Waals surface area contributed by atoms with Crippen molar-refractivity contribution in [3.63, 3.8) is 0 Å². The highest BCUT2D eigenvalue weighted by atomic mass is 16.2. The topological polar surface area (TPSA) is 62.6 Å². The molecule has 0 spiro atoms. The van der Waals surface area contributed by atoms with Gasteiger partial charge in [-0.15, -0.1) is 0 Å². The van der Waals surface area contributed by atoms with Gasteiger partial charge in [0.05, 0.1) is 13.1 Å². The van der Waals surface area contributed by atoms with Crippen LogP contribution in [0.4, 0.5) is 5.69 Å². The van der Waals surface area contributed by atoms with E-state index in [2.05, 4.69) is 10.6 Å². The van der Waals surface area contributed by atoms with Crippen molar-refractivity contribution < 1.29 is 14.5 Å². The van der Waals surface area contributed by atoms with Crippen LogP contribution in [-0.4, -0.2) is 38.5 Å². The summed E-state index contributed by atoms with van der Waals surface area (Å²) in [6.07, 6.45) is 2.41. The van der Waals surface area contributed by atoms with E-state index in [1.807, 2.05) is 0 Å². The molecule has 102 valence electrons. The molecule has 1 saturated heterocycles. The van der Waals surface area contributed by atoms with E-state index in [-0.39, 0.29) is 11.8 Å². The summed E-state index contributed by atoms with van der Waals surface area (Å²) in [5.74, 6) is -0.146. The number of carbonyl (C=O) groups is 2. The fourth-order valence-corrected chi connectivity index (χ4v) is 2.37. The number of likely N-dealkylation sites (tertiary alicyclic amines) is 1. The molecule has 1 aliphatic heterocycles. The van der Waals surface area contributed by atoms with Crippen LogP contribution >= 0.6 is 0 Å². The number of rotatable bonds is 4. The summed E-state index contributed by atoms with van der Waals surface area (Å²) in [6.45, 7) is 2.65. The highest BCUT2D eigenvalue weighted by Gasteiger charge is 2.18. The van der Waals surface area contributed by atoms with Crippen LogP contribution < -0.4 is 15.5 Å². The van der Waals surface area contributed by atoms with Crippen LogP contribution in [0.3, 0.4) is 0 Å². The number of amides is 2. The van der Waals surface area contributed by atoms with Crippen molar-refractivity contribution >= 4 is 17.5 Å². The molecular weight excluding hydrogens is 242 g/mol. The number of anilines is 1. The second kappa shape index (κ2) is 6.33. The van der Waals surface area contributed by atoms with Crippen molar-refractivity contribution in [2.75, 3.05) is 32.0 Å². The summed E-state index contributed by atoms with van der Waals surface area (Å²) < 4.78 is 0. The van der Waals surface area contributed by atoms with Crippen molar-refractivity contribution in [1.29, 1.82) is 0 Å². The predicted octanol–water partition coefficient (Wildman–Crippen LogP) is -0.337. The third-order valence-electron chi connectivity index (χ3n) is 3.36. The number of benzene rings is 1. The Bertz CT molecular complexity index is 468. The van der Waals surface area contributed by atoms with Gasteiger partial charge in [0.1, 0.15) is 0 Å². The maximum atomic E-state index is 11.9. The van der Waals surface area contributed by atoms with Gasteiger partial charge in [-0.2, -0.15) is 0 Å². The zero-order valence-electron chi connectivity index (χ0n) is 11.2. The Hall–Kier alpha value is -1.88. The van der Waals surface area contributed by atoms with Crippen LogP contribution in [-0.2, 0) is 4.79 Å². The van der Waals surface area contributed by atoms with Crippen molar-refractivity contribution in [2.24, 2.45) is 0 Å². The van der Waals surface area contributed by atoms with E-state index >= 15 is 0 Å². The molecular formula is C14H20N3O2+. The van der Waals surface area contributed by atoms with Gasteiger partial charge in [-0.3, -0.25) is 9.59 Å². The fourth-order valence-electron chi connectivity index (χ4n) is 2.37. The number of quaternary nitrogens is 1. The number of nitrogens with one attached hydrogen (secondary N) is 3. The Kier molecular flexibility index (Phi) is 4.52. The first-order valence-electron chi connectivity index (χ1n) is 6.64. The molecule has 2 rings (SSSR count). The van der Waals surface area contributed by atoms with Gasteiger partial charge < -0.3 is 15.5 Å². The first-order valence-corrected chi connectivity index (χ1v) is 6.64. The first kappa shape index (κ1) is 13.5. The lowest BCUT2D eigenvalue weighted by Gasteiger charge is -2.12. The van der Waals surface area contributed by atoms with Crippen molar-refractivity contribution in [1.82, 2.24) is 5.32 Å². The lowest BCUT2D eigenvalue weighted by molar-refractivity contribution is -0.878. The van der Waals surface area contributed by atoms with Gasteiger partial charge in [0, 0.05) is 31.1 Å². The third kappa shape index (κ3) is 3.79. The van der Waals surface area contributed by atoms with Crippen molar-refractivity contribution in [3.8, 4) is 0 Å². The standard InChI is InChI=1S/C14H19N3O2/c1-15-14(19)11-5-4-6-12(9-11)16-13(18)10-17-7-2-3-8-17/h4-6,9H,2-3,7-8,10H2,1H3,(H,15,19)(H,16,18)/p+1. The molecule has 5 heteroatoms. The van der Waals surface area contributed by atoms with Gasteiger partial charge in [0.15, 0.2) is 6.54 Å². The Morgan fingerprint density at radius 2 is 2.00 bits per heavy atom. The first-order chi connectivity index (χ1) is 9.19.